The molecule has 126 valence electrons. The van der Waals surface area contributed by atoms with E-state index in [2.05, 4.69) is 27.7 Å². The van der Waals surface area contributed by atoms with Gasteiger partial charge in [-0.15, -0.1) is 0 Å². The molecule has 1 N–H and O–H groups in total. The Labute approximate surface area is 141 Å². The highest BCUT2D eigenvalue weighted by Crippen LogP contribution is 2.17. The molecule has 2 heterocycles. The minimum absolute atomic E-state index is 0.475. The van der Waals surface area contributed by atoms with Gasteiger partial charge in [-0.2, -0.15) is 5.10 Å². The van der Waals surface area contributed by atoms with Gasteiger partial charge in [-0.25, -0.2) is 0 Å². The number of aryl methyl sites for hydroxylation is 2. The molecule has 6 heteroatoms. The lowest BCUT2D eigenvalue weighted by molar-refractivity contribution is 0.301. The zero-order valence-electron chi connectivity index (χ0n) is 14.0. The molecule has 0 aliphatic rings. The molecule has 0 fully saturated rings. The Morgan fingerprint density at radius 2 is 2.04 bits per heavy atom. The van der Waals surface area contributed by atoms with E-state index in [1.165, 1.54) is 5.56 Å². The van der Waals surface area contributed by atoms with Crippen LogP contribution in [0.25, 0.3) is 0 Å². The van der Waals surface area contributed by atoms with Crippen LogP contribution in [0.15, 0.2) is 47.2 Å². The van der Waals surface area contributed by atoms with Gasteiger partial charge in [0.15, 0.2) is 0 Å². The summed E-state index contributed by atoms with van der Waals surface area (Å²) < 4.78 is 12.9. The topological polar surface area (TPSA) is 65.1 Å². The summed E-state index contributed by atoms with van der Waals surface area (Å²) in [7, 11) is 0. The summed E-state index contributed by atoms with van der Waals surface area (Å²) in [6.07, 6.45) is 3.76. The normalized spacial score (nSPS) is 10.9. The number of nitrogens with zero attached hydrogens (tertiary/aromatic N) is 3. The van der Waals surface area contributed by atoms with Gasteiger partial charge in [-0.3, -0.25) is 4.68 Å². The monoisotopic (exact) mass is 326 g/mol. The summed E-state index contributed by atoms with van der Waals surface area (Å²) in [4.78, 5) is 0. The molecule has 0 spiro atoms. The SMILES string of the molecule is Cc1noc(C)c1COc1ccc(CNCCn2cccn2)cc1. The molecular formula is C18H22N4O2. The lowest BCUT2D eigenvalue weighted by atomic mass is 10.2. The van der Waals surface area contributed by atoms with Crippen molar-refractivity contribution in [3.63, 3.8) is 0 Å². The van der Waals surface area contributed by atoms with Crippen molar-refractivity contribution in [2.45, 2.75) is 33.5 Å². The second-order valence-electron chi connectivity index (χ2n) is 5.68. The van der Waals surface area contributed by atoms with E-state index < -0.39 is 0 Å². The number of hydrogen-bond donors (Lipinski definition) is 1. The number of hydrogen-bond acceptors (Lipinski definition) is 5. The van der Waals surface area contributed by atoms with Gasteiger partial charge in [0.2, 0.25) is 0 Å². The summed E-state index contributed by atoms with van der Waals surface area (Å²) in [5.74, 6) is 1.65. The van der Waals surface area contributed by atoms with Gasteiger partial charge in [0.1, 0.15) is 18.1 Å². The third-order valence-electron chi connectivity index (χ3n) is 3.89. The lowest BCUT2D eigenvalue weighted by Gasteiger charge is -2.08. The average molecular weight is 326 g/mol. The van der Waals surface area contributed by atoms with Crippen LogP contribution in [0, 0.1) is 13.8 Å². The van der Waals surface area contributed by atoms with E-state index in [9.17, 15) is 0 Å². The highest BCUT2D eigenvalue weighted by atomic mass is 16.5. The van der Waals surface area contributed by atoms with E-state index in [0.29, 0.717) is 6.61 Å². The van der Waals surface area contributed by atoms with Crippen LogP contribution in [0.5, 0.6) is 5.75 Å². The number of benzene rings is 1. The second kappa shape index (κ2) is 7.79. The number of nitrogens with one attached hydrogen (secondary N) is 1. The predicted molar refractivity (Wildman–Crippen MR) is 90.7 cm³/mol. The molecule has 3 rings (SSSR count). The van der Waals surface area contributed by atoms with Crippen molar-refractivity contribution < 1.29 is 9.26 Å². The van der Waals surface area contributed by atoms with Crippen molar-refractivity contribution in [3.05, 3.63) is 65.3 Å². The van der Waals surface area contributed by atoms with Crippen molar-refractivity contribution in [2.24, 2.45) is 0 Å². The zero-order valence-corrected chi connectivity index (χ0v) is 14.0. The summed E-state index contributed by atoms with van der Waals surface area (Å²) in [6, 6.07) is 10.1. The fraction of sp³-hybridized carbons (Fsp3) is 0.333. The van der Waals surface area contributed by atoms with Gasteiger partial charge >= 0.3 is 0 Å². The van der Waals surface area contributed by atoms with Gasteiger partial charge in [-0.1, -0.05) is 17.3 Å². The summed E-state index contributed by atoms with van der Waals surface area (Å²) in [5, 5.41) is 11.5. The first kappa shape index (κ1) is 16.3. The van der Waals surface area contributed by atoms with Crippen LogP contribution in [-0.2, 0) is 19.7 Å². The molecule has 3 aromatic rings. The lowest BCUT2D eigenvalue weighted by Crippen LogP contribution is -2.19. The summed E-state index contributed by atoms with van der Waals surface area (Å²) in [6.45, 7) is 6.87. The highest BCUT2D eigenvalue weighted by molar-refractivity contribution is 5.28. The maximum Gasteiger partial charge on any atom is 0.140 e. The predicted octanol–water partition coefficient (Wildman–Crippen LogP) is 2.86. The Bertz CT molecular complexity index is 728. The second-order valence-corrected chi connectivity index (χ2v) is 5.68. The number of rotatable bonds is 8. The first-order chi connectivity index (χ1) is 11.7. The Morgan fingerprint density at radius 3 is 2.71 bits per heavy atom. The first-order valence-corrected chi connectivity index (χ1v) is 8.04. The Balaban J connectivity index is 1.43. The Hall–Kier alpha value is -2.60. The van der Waals surface area contributed by atoms with E-state index in [0.717, 1.165) is 42.4 Å². The van der Waals surface area contributed by atoms with Crippen LogP contribution >= 0.6 is 0 Å². The standard InChI is InChI=1S/C18H22N4O2/c1-14-18(15(2)24-21-14)13-23-17-6-4-16(5-7-17)12-19-9-11-22-10-3-8-20-22/h3-8,10,19H,9,11-13H2,1-2H3. The molecule has 0 saturated carbocycles. The molecule has 0 aliphatic carbocycles. The van der Waals surface area contributed by atoms with E-state index in [1.807, 2.05) is 42.9 Å². The largest absolute Gasteiger partial charge is 0.489 e. The zero-order chi connectivity index (χ0) is 16.8. The van der Waals surface area contributed by atoms with Crippen LogP contribution in [0.1, 0.15) is 22.6 Å². The van der Waals surface area contributed by atoms with Crippen LogP contribution in [-0.4, -0.2) is 21.5 Å². The molecule has 0 saturated heterocycles. The van der Waals surface area contributed by atoms with Crippen molar-refractivity contribution in [1.29, 1.82) is 0 Å². The third-order valence-corrected chi connectivity index (χ3v) is 3.89. The van der Waals surface area contributed by atoms with E-state index in [1.54, 1.807) is 6.20 Å². The molecule has 0 unspecified atom stereocenters. The maximum atomic E-state index is 5.81. The van der Waals surface area contributed by atoms with Gasteiger partial charge in [0, 0.05) is 25.5 Å². The van der Waals surface area contributed by atoms with Gasteiger partial charge in [0.05, 0.1) is 17.8 Å². The fourth-order valence-corrected chi connectivity index (χ4v) is 2.43. The fourth-order valence-electron chi connectivity index (χ4n) is 2.43. The Morgan fingerprint density at radius 1 is 1.21 bits per heavy atom. The number of aromatic nitrogens is 3. The molecule has 2 aromatic heterocycles. The van der Waals surface area contributed by atoms with E-state index in [-0.39, 0.29) is 0 Å². The quantitative estimate of drug-likeness (QED) is 0.645. The molecule has 24 heavy (non-hydrogen) atoms. The summed E-state index contributed by atoms with van der Waals surface area (Å²) in [5.41, 5.74) is 3.12. The molecule has 0 atom stereocenters. The molecule has 0 aliphatic heterocycles. The van der Waals surface area contributed by atoms with Gasteiger partial charge in [0.25, 0.3) is 0 Å². The highest BCUT2D eigenvalue weighted by Gasteiger charge is 2.09. The van der Waals surface area contributed by atoms with Crippen molar-refractivity contribution in [1.82, 2.24) is 20.3 Å². The molecule has 0 bridgehead atoms. The molecular weight excluding hydrogens is 304 g/mol. The molecule has 0 amide bonds. The molecule has 1 aromatic carbocycles. The minimum atomic E-state index is 0.475. The molecule has 0 radical (unpaired) electrons. The van der Waals surface area contributed by atoms with Crippen LogP contribution in [0.3, 0.4) is 0 Å². The Kier molecular flexibility index (Phi) is 5.28. The first-order valence-electron chi connectivity index (χ1n) is 8.04. The minimum Gasteiger partial charge on any atom is -0.489 e. The maximum absolute atomic E-state index is 5.81. The molecule has 6 nitrogen and oxygen atoms in total. The van der Waals surface area contributed by atoms with E-state index >= 15 is 0 Å². The van der Waals surface area contributed by atoms with Crippen LogP contribution < -0.4 is 10.1 Å². The van der Waals surface area contributed by atoms with Crippen LogP contribution in [0.4, 0.5) is 0 Å². The average Bonchev–Trinajstić information content (AvgIpc) is 3.22. The third kappa shape index (κ3) is 4.23. The van der Waals surface area contributed by atoms with Gasteiger partial charge in [-0.05, 0) is 37.6 Å². The van der Waals surface area contributed by atoms with E-state index in [4.69, 9.17) is 9.26 Å². The smallest absolute Gasteiger partial charge is 0.140 e. The van der Waals surface area contributed by atoms with Gasteiger partial charge < -0.3 is 14.6 Å². The number of ether oxygens (including phenoxy) is 1. The van der Waals surface area contributed by atoms with Crippen LogP contribution in [0.2, 0.25) is 0 Å². The summed E-state index contributed by atoms with van der Waals surface area (Å²) >= 11 is 0. The van der Waals surface area contributed by atoms with Crippen molar-refractivity contribution in [3.8, 4) is 5.75 Å². The van der Waals surface area contributed by atoms with Crippen molar-refractivity contribution >= 4 is 0 Å². The van der Waals surface area contributed by atoms with Crippen molar-refractivity contribution in [2.75, 3.05) is 6.54 Å².